The first kappa shape index (κ1) is 31.6. The van der Waals surface area contributed by atoms with Crippen molar-refractivity contribution >= 4 is 27.5 Å². The molecular formula is C44H53N3. The van der Waals surface area contributed by atoms with Crippen LogP contribution in [0.25, 0.3) is 27.5 Å². The van der Waals surface area contributed by atoms with Gasteiger partial charge < -0.3 is 14.4 Å². The van der Waals surface area contributed by atoms with Crippen LogP contribution >= 0.6 is 0 Å². The maximum absolute atomic E-state index is 2.78. The zero-order valence-electron chi connectivity index (χ0n) is 29.4. The molecule has 2 aliphatic heterocycles. The van der Waals surface area contributed by atoms with E-state index in [4.69, 9.17) is 0 Å². The Hall–Kier alpha value is -3.98. The molecule has 0 N–H and O–H groups in total. The van der Waals surface area contributed by atoms with Crippen molar-refractivity contribution in [2.45, 2.75) is 92.2 Å². The third-order valence-electron chi connectivity index (χ3n) is 11.4. The number of allylic oxidation sites excluding steroid dienone is 8. The highest BCUT2D eigenvalue weighted by molar-refractivity contribution is 6.10. The van der Waals surface area contributed by atoms with E-state index in [9.17, 15) is 0 Å². The normalized spacial score (nSPS) is 25.4. The second kappa shape index (κ2) is 13.3. The molecule has 3 heteroatoms. The molecule has 0 saturated carbocycles. The zero-order valence-corrected chi connectivity index (χ0v) is 29.4. The fourth-order valence-electron chi connectivity index (χ4n) is 9.09. The number of hydrogen-bond acceptors (Lipinski definition) is 2. The van der Waals surface area contributed by atoms with Gasteiger partial charge in [-0.3, -0.25) is 0 Å². The molecule has 0 saturated heterocycles. The standard InChI is InChI=1S/C44H53N3/c1-7-9-18-30(3)29-45-33(6)38(27-31(4)46-40(17-8-2)32(5)35-20-10-13-23-42(35)46)39-28-34(19-16-26-41(39)45)47-43-24-14-11-21-36(43)37-22-12-15-25-44(37)47/h8,11-17,19,21-25,27-28,30,35,39,41-42H,7,9-10,18,20,26,29H2,1-6H3/b17-8-,31-27+/t30?,35-,39?,41?,42?/m1/s1. The Balaban J connectivity index is 1.35. The number of benzene rings is 2. The lowest BCUT2D eigenvalue weighted by atomic mass is 9.86. The van der Waals surface area contributed by atoms with Gasteiger partial charge in [-0.1, -0.05) is 93.5 Å². The summed E-state index contributed by atoms with van der Waals surface area (Å²) in [6.07, 6.45) is 26.8. The van der Waals surface area contributed by atoms with Gasteiger partial charge in [0.1, 0.15) is 0 Å². The summed E-state index contributed by atoms with van der Waals surface area (Å²) in [7, 11) is 0. The minimum absolute atomic E-state index is 0.309. The van der Waals surface area contributed by atoms with Crippen LogP contribution in [0.4, 0.5) is 0 Å². The molecule has 2 aromatic carbocycles. The van der Waals surface area contributed by atoms with Crippen LogP contribution in [-0.2, 0) is 0 Å². The summed E-state index contributed by atoms with van der Waals surface area (Å²) in [5.74, 6) is 1.58. The zero-order chi connectivity index (χ0) is 32.7. The Bertz CT molecular complexity index is 1820. The van der Waals surface area contributed by atoms with E-state index in [0.29, 0.717) is 29.8 Å². The number of fused-ring (bicyclic) bond motifs is 5. The van der Waals surface area contributed by atoms with Gasteiger partial charge in [-0.25, -0.2) is 0 Å². The summed E-state index contributed by atoms with van der Waals surface area (Å²) in [4.78, 5) is 5.42. The highest BCUT2D eigenvalue weighted by Gasteiger charge is 2.40. The van der Waals surface area contributed by atoms with Crippen molar-refractivity contribution in [3.63, 3.8) is 0 Å². The molecule has 244 valence electrons. The highest BCUT2D eigenvalue weighted by atomic mass is 15.2. The van der Waals surface area contributed by atoms with E-state index in [1.807, 2.05) is 0 Å². The molecule has 3 nitrogen and oxygen atoms in total. The smallest absolute Gasteiger partial charge is 0.0585 e. The third-order valence-corrected chi connectivity index (χ3v) is 11.4. The van der Waals surface area contributed by atoms with E-state index in [1.54, 1.807) is 5.57 Å². The van der Waals surface area contributed by atoms with Crippen LogP contribution in [-0.4, -0.2) is 33.0 Å². The number of hydrogen-bond donors (Lipinski definition) is 0. The molecular weight excluding hydrogens is 571 g/mol. The van der Waals surface area contributed by atoms with Gasteiger partial charge in [0.05, 0.1) is 17.1 Å². The van der Waals surface area contributed by atoms with Gasteiger partial charge in [0.2, 0.25) is 0 Å². The molecule has 7 rings (SSSR count). The van der Waals surface area contributed by atoms with Gasteiger partial charge in [0.25, 0.3) is 0 Å². The number of para-hydroxylation sites is 2. The van der Waals surface area contributed by atoms with Crippen molar-refractivity contribution in [1.82, 2.24) is 14.4 Å². The fourth-order valence-corrected chi connectivity index (χ4v) is 9.09. The Morgan fingerprint density at radius 3 is 2.43 bits per heavy atom. The van der Waals surface area contributed by atoms with Crippen LogP contribution in [0.1, 0.15) is 80.1 Å². The molecule has 3 heterocycles. The largest absolute Gasteiger partial charge is 0.370 e. The van der Waals surface area contributed by atoms with Crippen LogP contribution in [0.15, 0.2) is 125 Å². The van der Waals surface area contributed by atoms with E-state index in [2.05, 4.69) is 153 Å². The number of unbranched alkanes of at least 4 members (excludes halogenated alkanes) is 1. The lowest BCUT2D eigenvalue weighted by molar-refractivity contribution is 0.219. The summed E-state index contributed by atoms with van der Waals surface area (Å²) in [5.41, 5.74) is 11.1. The maximum Gasteiger partial charge on any atom is 0.0585 e. The lowest BCUT2D eigenvalue weighted by Gasteiger charge is -2.33. The first-order chi connectivity index (χ1) is 22.9. The van der Waals surface area contributed by atoms with Gasteiger partial charge >= 0.3 is 0 Å². The van der Waals surface area contributed by atoms with Crippen molar-refractivity contribution in [1.29, 1.82) is 0 Å². The molecule has 5 atom stereocenters. The molecule has 3 aromatic rings. The van der Waals surface area contributed by atoms with Gasteiger partial charge in [0.15, 0.2) is 0 Å². The quantitative estimate of drug-likeness (QED) is 0.220. The van der Waals surface area contributed by atoms with Crippen molar-refractivity contribution in [3.8, 4) is 0 Å². The Labute approximate surface area is 283 Å². The second-order valence-electron chi connectivity index (χ2n) is 14.5. The van der Waals surface area contributed by atoms with Gasteiger partial charge in [-0.15, -0.1) is 0 Å². The summed E-state index contributed by atoms with van der Waals surface area (Å²) >= 11 is 0. The van der Waals surface area contributed by atoms with Crippen LogP contribution in [0.3, 0.4) is 0 Å². The number of nitrogens with zero attached hydrogens (tertiary/aromatic N) is 3. The summed E-state index contributed by atoms with van der Waals surface area (Å²) in [6.45, 7) is 15.2. The molecule has 0 amide bonds. The number of aromatic nitrogens is 1. The van der Waals surface area contributed by atoms with Crippen molar-refractivity contribution < 1.29 is 0 Å². The van der Waals surface area contributed by atoms with E-state index in [-0.39, 0.29) is 0 Å². The molecule has 47 heavy (non-hydrogen) atoms. The third kappa shape index (κ3) is 5.56. The first-order valence-corrected chi connectivity index (χ1v) is 18.2. The second-order valence-corrected chi connectivity index (χ2v) is 14.5. The SMILES string of the molecule is C/C=C\C1=C(C)[C@H]2CCC=CC2N1/C(C)=C/C1=C(C)N(CC(C)CCCC)C2CC=CC(n3c4ccccc4c4ccccc43)=CC12. The van der Waals surface area contributed by atoms with Crippen LogP contribution in [0, 0.1) is 17.8 Å². The average molecular weight is 624 g/mol. The summed E-state index contributed by atoms with van der Waals surface area (Å²) < 4.78 is 2.51. The predicted molar refractivity (Wildman–Crippen MR) is 202 cm³/mol. The Morgan fingerprint density at radius 1 is 1.00 bits per heavy atom. The van der Waals surface area contributed by atoms with Crippen LogP contribution in [0.5, 0.6) is 0 Å². The molecule has 1 aromatic heterocycles. The monoisotopic (exact) mass is 623 g/mol. The lowest BCUT2D eigenvalue weighted by Crippen LogP contribution is -2.36. The molecule has 2 aliphatic carbocycles. The molecule has 0 fully saturated rings. The average Bonchev–Trinajstić information content (AvgIpc) is 3.57. The van der Waals surface area contributed by atoms with Gasteiger partial charge in [-0.05, 0) is 101 Å². The molecule has 4 unspecified atom stereocenters. The van der Waals surface area contributed by atoms with Crippen LogP contribution in [0.2, 0.25) is 0 Å². The van der Waals surface area contributed by atoms with Crippen molar-refractivity contribution in [3.05, 3.63) is 125 Å². The minimum Gasteiger partial charge on any atom is -0.370 e. The maximum atomic E-state index is 2.78. The van der Waals surface area contributed by atoms with Crippen molar-refractivity contribution in [2.75, 3.05) is 6.54 Å². The van der Waals surface area contributed by atoms with Crippen LogP contribution < -0.4 is 0 Å². The van der Waals surface area contributed by atoms with E-state index in [0.717, 1.165) is 13.0 Å². The minimum atomic E-state index is 0.309. The first-order valence-electron chi connectivity index (χ1n) is 18.2. The molecule has 4 aliphatic rings. The molecule has 0 bridgehead atoms. The van der Waals surface area contributed by atoms with Crippen molar-refractivity contribution in [2.24, 2.45) is 17.8 Å². The molecule has 0 radical (unpaired) electrons. The molecule has 0 spiro atoms. The predicted octanol–water partition coefficient (Wildman–Crippen LogP) is 11.4. The van der Waals surface area contributed by atoms with E-state index < -0.39 is 0 Å². The fraction of sp³-hybridized carbons (Fsp3) is 0.409. The topological polar surface area (TPSA) is 11.4 Å². The Kier molecular flexibility index (Phi) is 8.92. The summed E-state index contributed by atoms with van der Waals surface area (Å²) in [5, 5.41) is 2.64. The van der Waals surface area contributed by atoms with E-state index >= 15 is 0 Å². The van der Waals surface area contributed by atoms with Gasteiger partial charge in [-0.2, -0.15) is 0 Å². The number of rotatable bonds is 9. The van der Waals surface area contributed by atoms with Gasteiger partial charge in [0, 0.05) is 58.0 Å². The highest BCUT2D eigenvalue weighted by Crippen LogP contribution is 2.46. The summed E-state index contributed by atoms with van der Waals surface area (Å²) in [6, 6.07) is 18.6. The van der Waals surface area contributed by atoms with E-state index in [1.165, 1.54) is 82.3 Å². The Morgan fingerprint density at radius 2 is 1.72 bits per heavy atom.